The molecule has 0 bridgehead atoms. The largest absolute Gasteiger partial charge is 0.477 e. The molecule has 1 saturated carbocycles. The number of carboxylic acid groups (broad SMARTS) is 1. The second-order valence-electron chi connectivity index (χ2n) is 10.5. The van der Waals surface area contributed by atoms with Gasteiger partial charge in [0, 0.05) is 55.0 Å². The lowest BCUT2D eigenvalue weighted by atomic mass is 10.1. The van der Waals surface area contributed by atoms with E-state index in [9.17, 15) is 51.8 Å². The molecule has 0 saturated heterocycles. The Bertz CT molecular complexity index is 2200. The molecule has 16 nitrogen and oxygen atoms in total. The molecule has 1 heterocycles. The fraction of sp³-hybridized carbons (Fsp3) is 0.214. The number of benzene rings is 3. The Morgan fingerprint density at radius 3 is 2.02 bits per heavy atom. The summed E-state index contributed by atoms with van der Waals surface area (Å²) in [4.78, 5) is 44.5. The molecule has 0 amide bonds. The van der Waals surface area contributed by atoms with Crippen molar-refractivity contribution in [3.05, 3.63) is 109 Å². The zero-order valence-electron chi connectivity index (χ0n) is 24.0. The molecule has 1 fully saturated rings. The lowest BCUT2D eigenvalue weighted by Gasteiger charge is -2.26. The molecule has 3 aromatic carbocycles. The van der Waals surface area contributed by atoms with Gasteiger partial charge in [0.25, 0.3) is 21.4 Å². The molecule has 0 unspecified atom stereocenters. The summed E-state index contributed by atoms with van der Waals surface area (Å²) < 4.78 is 73.4. The second kappa shape index (κ2) is 12.5. The van der Waals surface area contributed by atoms with Gasteiger partial charge in [-0.1, -0.05) is 0 Å². The number of carbonyl (C=O) groups is 1. The third-order valence-corrected chi connectivity index (χ3v) is 10.7. The minimum atomic E-state index is -4.67. The van der Waals surface area contributed by atoms with Crippen LogP contribution in [0.25, 0.3) is 10.9 Å². The SMILES string of the molecule is O=C(O)c1cn(C2CC2)c2cc(N(CCCNS(=O)(=O)c3ccc([N+](=O)[O-])cc3)S(=O)(=O)c3ccc([N+](=O)[O-])cc3)c(F)cc2c1=O. The van der Waals surface area contributed by atoms with Crippen molar-refractivity contribution in [2.75, 3.05) is 17.4 Å². The number of nitrogens with zero attached hydrogens (tertiary/aromatic N) is 4. The van der Waals surface area contributed by atoms with E-state index in [1.54, 1.807) is 0 Å². The van der Waals surface area contributed by atoms with Gasteiger partial charge in [0.05, 0.1) is 30.8 Å². The van der Waals surface area contributed by atoms with Gasteiger partial charge in [0.2, 0.25) is 15.5 Å². The number of fused-ring (bicyclic) bond motifs is 1. The van der Waals surface area contributed by atoms with E-state index in [0.717, 1.165) is 66.9 Å². The Labute approximate surface area is 265 Å². The number of aromatic nitrogens is 1. The Balaban J connectivity index is 1.52. The van der Waals surface area contributed by atoms with E-state index in [0.29, 0.717) is 17.1 Å². The van der Waals surface area contributed by atoms with Gasteiger partial charge in [-0.3, -0.25) is 29.3 Å². The molecule has 1 aliphatic rings. The highest BCUT2D eigenvalue weighted by molar-refractivity contribution is 7.92. The zero-order valence-corrected chi connectivity index (χ0v) is 25.6. The fourth-order valence-corrected chi connectivity index (χ4v) is 7.43. The summed E-state index contributed by atoms with van der Waals surface area (Å²) in [6, 6.07) is 9.45. The number of nitro benzene ring substituents is 2. The van der Waals surface area contributed by atoms with E-state index in [2.05, 4.69) is 4.72 Å². The number of nitrogens with one attached hydrogen (secondary N) is 1. The van der Waals surface area contributed by atoms with Crippen LogP contribution in [0.4, 0.5) is 21.5 Å². The highest BCUT2D eigenvalue weighted by atomic mass is 32.2. The molecule has 1 aliphatic carbocycles. The van der Waals surface area contributed by atoms with Crippen LogP contribution >= 0.6 is 0 Å². The summed E-state index contributed by atoms with van der Waals surface area (Å²) in [5, 5.41) is 31.2. The van der Waals surface area contributed by atoms with Crippen LogP contribution in [0.1, 0.15) is 35.7 Å². The van der Waals surface area contributed by atoms with Gasteiger partial charge in [0.1, 0.15) is 11.4 Å². The zero-order chi connectivity index (χ0) is 34.3. The first-order valence-electron chi connectivity index (χ1n) is 13.7. The normalized spacial score (nSPS) is 13.4. The molecule has 246 valence electrons. The maximum absolute atomic E-state index is 15.8. The summed E-state index contributed by atoms with van der Waals surface area (Å²) in [5.74, 6) is -2.72. The van der Waals surface area contributed by atoms with Gasteiger partial charge in [-0.15, -0.1) is 0 Å². The Morgan fingerprint density at radius 2 is 1.51 bits per heavy atom. The van der Waals surface area contributed by atoms with Gasteiger partial charge in [-0.25, -0.2) is 30.7 Å². The van der Waals surface area contributed by atoms with Crippen molar-refractivity contribution in [1.29, 1.82) is 0 Å². The van der Waals surface area contributed by atoms with E-state index < -0.39 is 75.5 Å². The van der Waals surface area contributed by atoms with E-state index in [-0.39, 0.29) is 40.5 Å². The molecular weight excluding hydrogens is 665 g/mol. The molecule has 2 N–H and O–H groups in total. The first kappa shape index (κ1) is 33.1. The number of hydrogen-bond donors (Lipinski definition) is 2. The van der Waals surface area contributed by atoms with Crippen molar-refractivity contribution >= 4 is 54.0 Å². The van der Waals surface area contributed by atoms with Gasteiger partial charge in [-0.2, -0.15) is 0 Å². The van der Waals surface area contributed by atoms with E-state index in [1.807, 2.05) is 0 Å². The van der Waals surface area contributed by atoms with Crippen LogP contribution in [-0.2, 0) is 20.0 Å². The summed E-state index contributed by atoms with van der Waals surface area (Å²) in [7, 11) is -8.86. The second-order valence-corrected chi connectivity index (χ2v) is 14.1. The van der Waals surface area contributed by atoms with Crippen LogP contribution in [0, 0.1) is 26.0 Å². The molecule has 4 aromatic rings. The van der Waals surface area contributed by atoms with Gasteiger partial charge >= 0.3 is 5.97 Å². The summed E-state index contributed by atoms with van der Waals surface area (Å²) in [5.41, 5.74) is -2.77. The summed E-state index contributed by atoms with van der Waals surface area (Å²) in [6.07, 6.45) is 2.14. The smallest absolute Gasteiger partial charge is 0.341 e. The van der Waals surface area contributed by atoms with Crippen LogP contribution in [0.3, 0.4) is 0 Å². The van der Waals surface area contributed by atoms with Crippen LogP contribution in [-0.4, -0.2) is 55.4 Å². The molecule has 5 rings (SSSR count). The van der Waals surface area contributed by atoms with Crippen molar-refractivity contribution in [2.45, 2.75) is 35.1 Å². The number of sulfonamides is 2. The summed E-state index contributed by atoms with van der Waals surface area (Å²) in [6.45, 7) is -0.888. The average Bonchev–Trinajstić information content (AvgIpc) is 3.87. The van der Waals surface area contributed by atoms with E-state index in [1.165, 1.54) is 4.57 Å². The number of nitro groups is 2. The number of aromatic carboxylic acids is 1. The third kappa shape index (κ3) is 6.67. The van der Waals surface area contributed by atoms with Gasteiger partial charge in [-0.05, 0) is 55.7 Å². The molecule has 1 aromatic heterocycles. The predicted octanol–water partition coefficient (Wildman–Crippen LogP) is 3.55. The van der Waals surface area contributed by atoms with Crippen LogP contribution in [0.15, 0.2) is 81.4 Å². The Morgan fingerprint density at radius 1 is 0.957 bits per heavy atom. The molecule has 0 radical (unpaired) electrons. The quantitative estimate of drug-likeness (QED) is 0.117. The van der Waals surface area contributed by atoms with Crippen LogP contribution in [0.5, 0.6) is 0 Å². The van der Waals surface area contributed by atoms with Gasteiger partial charge in [0.15, 0.2) is 0 Å². The number of anilines is 1. The van der Waals surface area contributed by atoms with Crippen LogP contribution in [0.2, 0.25) is 0 Å². The van der Waals surface area contributed by atoms with E-state index >= 15 is 4.39 Å². The standard InChI is InChI=1S/C28H24FN5O11S2/c29-24-14-22-25(31(17-2-3-17)16-23(27(22)35)28(36)37)15-26(24)32(47(44,45)21-10-6-19(7-11-21)34(40)41)13-1-12-30-46(42,43)20-8-4-18(5-9-20)33(38)39/h4-11,14-17,30H,1-3,12-13H2,(H,36,37). The minimum Gasteiger partial charge on any atom is -0.477 e. The Hall–Kier alpha value is -5.27. The van der Waals surface area contributed by atoms with Crippen molar-refractivity contribution in [2.24, 2.45) is 0 Å². The number of hydrogen-bond acceptors (Lipinski definition) is 10. The summed E-state index contributed by atoms with van der Waals surface area (Å²) >= 11 is 0. The number of rotatable bonds is 13. The van der Waals surface area contributed by atoms with Crippen molar-refractivity contribution in [1.82, 2.24) is 9.29 Å². The Kier molecular flexibility index (Phi) is 8.80. The number of pyridine rings is 1. The molecule has 47 heavy (non-hydrogen) atoms. The topological polar surface area (TPSA) is 229 Å². The maximum atomic E-state index is 15.8. The molecule has 0 atom stereocenters. The molecular formula is C28H24FN5O11S2. The fourth-order valence-electron chi connectivity index (χ4n) is 4.85. The van der Waals surface area contributed by atoms with Crippen molar-refractivity contribution in [3.8, 4) is 0 Å². The van der Waals surface area contributed by atoms with E-state index in [4.69, 9.17) is 0 Å². The first-order chi connectivity index (χ1) is 22.1. The van der Waals surface area contributed by atoms with Crippen LogP contribution < -0.4 is 14.5 Å². The molecule has 0 aliphatic heterocycles. The molecule has 0 spiro atoms. The highest BCUT2D eigenvalue weighted by Gasteiger charge is 2.31. The minimum absolute atomic E-state index is 0.0710. The third-order valence-electron chi connectivity index (χ3n) is 7.36. The average molecular weight is 690 g/mol. The lowest BCUT2D eigenvalue weighted by molar-refractivity contribution is -0.385. The molecule has 19 heteroatoms. The number of halogens is 1. The number of non-ortho nitro benzene ring substituents is 2. The lowest BCUT2D eigenvalue weighted by Crippen LogP contribution is -2.35. The van der Waals surface area contributed by atoms with Crippen molar-refractivity contribution < 1.29 is 41.0 Å². The maximum Gasteiger partial charge on any atom is 0.341 e. The van der Waals surface area contributed by atoms with Gasteiger partial charge < -0.3 is 9.67 Å². The highest BCUT2D eigenvalue weighted by Crippen LogP contribution is 2.39. The predicted molar refractivity (Wildman–Crippen MR) is 164 cm³/mol. The number of carboxylic acids is 1. The van der Waals surface area contributed by atoms with Crippen molar-refractivity contribution in [3.63, 3.8) is 0 Å². The monoisotopic (exact) mass is 689 g/mol. The first-order valence-corrected chi connectivity index (χ1v) is 16.7.